The molecular formula is C24H33Cl2N3O4. The van der Waals surface area contributed by atoms with Crippen LogP contribution in [-0.4, -0.2) is 94.7 Å². The van der Waals surface area contributed by atoms with Gasteiger partial charge in [0.25, 0.3) is 0 Å². The molecule has 1 aromatic carbocycles. The largest absolute Gasteiger partial charge is 0.395 e. The molecule has 2 saturated heterocycles. The molecule has 2 fully saturated rings. The lowest BCUT2D eigenvalue weighted by Gasteiger charge is -2.37. The quantitative estimate of drug-likeness (QED) is 0.426. The summed E-state index contributed by atoms with van der Waals surface area (Å²) in [5.41, 5.74) is 0.787. The average molecular weight is 498 g/mol. The number of aliphatic hydroxyl groups excluding tert-OH is 2. The zero-order valence-corrected chi connectivity index (χ0v) is 20.3. The number of aliphatic hydroxyl groups is 2. The Labute approximate surface area is 205 Å². The van der Waals surface area contributed by atoms with Crippen LogP contribution in [0.4, 0.5) is 0 Å². The Morgan fingerprint density at radius 3 is 2.64 bits per heavy atom. The van der Waals surface area contributed by atoms with Gasteiger partial charge < -0.3 is 20.0 Å². The molecule has 33 heavy (non-hydrogen) atoms. The van der Waals surface area contributed by atoms with Crippen molar-refractivity contribution in [2.75, 3.05) is 45.9 Å². The number of benzene rings is 1. The second kappa shape index (κ2) is 12.7. The number of carbonyl (C=O) groups is 2. The molecule has 3 rings (SSSR count). The van der Waals surface area contributed by atoms with E-state index in [1.807, 2.05) is 4.90 Å². The van der Waals surface area contributed by atoms with Crippen molar-refractivity contribution in [3.8, 4) is 0 Å². The zero-order valence-electron chi connectivity index (χ0n) is 18.8. The van der Waals surface area contributed by atoms with E-state index in [0.717, 1.165) is 37.8 Å². The summed E-state index contributed by atoms with van der Waals surface area (Å²) >= 11 is 11.9. The van der Waals surface area contributed by atoms with Crippen LogP contribution in [0.5, 0.6) is 0 Å². The summed E-state index contributed by atoms with van der Waals surface area (Å²) in [6, 6.07) is 5.30. The molecule has 1 aromatic rings. The van der Waals surface area contributed by atoms with Crippen molar-refractivity contribution in [3.05, 3.63) is 39.9 Å². The van der Waals surface area contributed by atoms with E-state index in [4.69, 9.17) is 23.2 Å². The van der Waals surface area contributed by atoms with Gasteiger partial charge in [0.2, 0.25) is 11.8 Å². The number of unbranched alkanes of at least 4 members (excludes halogenated alkanes) is 1. The van der Waals surface area contributed by atoms with Gasteiger partial charge in [0.15, 0.2) is 0 Å². The highest BCUT2D eigenvalue weighted by Crippen LogP contribution is 2.23. The van der Waals surface area contributed by atoms with E-state index in [0.29, 0.717) is 49.2 Å². The van der Waals surface area contributed by atoms with Gasteiger partial charge in [-0.2, -0.15) is 0 Å². The van der Waals surface area contributed by atoms with Crippen molar-refractivity contribution in [2.24, 2.45) is 0 Å². The molecule has 182 valence electrons. The number of carbonyl (C=O) groups excluding carboxylic acids is 2. The third kappa shape index (κ3) is 7.69. The van der Waals surface area contributed by atoms with Crippen molar-refractivity contribution in [2.45, 2.75) is 44.2 Å². The highest BCUT2D eigenvalue weighted by molar-refractivity contribution is 6.42. The van der Waals surface area contributed by atoms with Gasteiger partial charge >= 0.3 is 0 Å². The number of nitrogens with zero attached hydrogens (tertiary/aromatic N) is 3. The summed E-state index contributed by atoms with van der Waals surface area (Å²) in [6.07, 6.45) is 6.49. The lowest BCUT2D eigenvalue weighted by Crippen LogP contribution is -2.47. The van der Waals surface area contributed by atoms with E-state index < -0.39 is 0 Å². The standard InChI is InChI=1S/C24H33Cl2N3O4/c25-21-7-3-18(15-22(21)26)4-8-23(32)28-12-9-24(33)27(13-14-28)10-1-2-11-29-16-20(31)6-5-19(29)17-30/h3-4,7-8,15,19-20,30-31H,1-2,5-6,9-14,16-17H2/b8-4+. The normalized spacial score (nSPS) is 22.7. The monoisotopic (exact) mass is 497 g/mol. The first-order valence-corrected chi connectivity index (χ1v) is 12.4. The van der Waals surface area contributed by atoms with Crippen LogP contribution in [0.15, 0.2) is 24.3 Å². The molecule has 0 saturated carbocycles. The first-order valence-electron chi connectivity index (χ1n) is 11.6. The molecule has 2 heterocycles. The lowest BCUT2D eigenvalue weighted by atomic mass is 10.0. The molecule has 2 aliphatic heterocycles. The minimum absolute atomic E-state index is 0.0698. The molecule has 0 spiro atoms. The van der Waals surface area contributed by atoms with Gasteiger partial charge in [-0.15, -0.1) is 0 Å². The van der Waals surface area contributed by atoms with Gasteiger partial charge in [-0.25, -0.2) is 0 Å². The topological polar surface area (TPSA) is 84.3 Å². The van der Waals surface area contributed by atoms with E-state index in [-0.39, 0.29) is 30.6 Å². The number of piperidine rings is 1. The van der Waals surface area contributed by atoms with Crippen LogP contribution in [0.1, 0.15) is 37.7 Å². The number of hydrogen-bond donors (Lipinski definition) is 2. The Morgan fingerprint density at radius 2 is 1.88 bits per heavy atom. The minimum atomic E-state index is -0.325. The molecule has 0 radical (unpaired) electrons. The average Bonchev–Trinajstić information content (AvgIpc) is 2.99. The Morgan fingerprint density at radius 1 is 1.09 bits per heavy atom. The van der Waals surface area contributed by atoms with Crippen molar-refractivity contribution in [1.29, 1.82) is 0 Å². The smallest absolute Gasteiger partial charge is 0.246 e. The SMILES string of the molecule is O=C(/C=C/c1ccc(Cl)c(Cl)c1)N1CCC(=O)N(CCCCN2CC(O)CCC2CO)CC1. The van der Waals surface area contributed by atoms with Gasteiger partial charge in [0, 0.05) is 51.3 Å². The highest BCUT2D eigenvalue weighted by atomic mass is 35.5. The number of hydrogen-bond acceptors (Lipinski definition) is 5. The Hall–Kier alpha value is -1.64. The first-order chi connectivity index (χ1) is 15.9. The van der Waals surface area contributed by atoms with E-state index >= 15 is 0 Å². The molecule has 2 amide bonds. The summed E-state index contributed by atoms with van der Waals surface area (Å²) in [5, 5.41) is 20.3. The lowest BCUT2D eigenvalue weighted by molar-refractivity contribution is -0.130. The summed E-state index contributed by atoms with van der Waals surface area (Å²) in [7, 11) is 0. The molecular weight excluding hydrogens is 465 g/mol. The summed E-state index contributed by atoms with van der Waals surface area (Å²) < 4.78 is 0. The van der Waals surface area contributed by atoms with Crippen molar-refractivity contribution in [1.82, 2.24) is 14.7 Å². The van der Waals surface area contributed by atoms with Crippen molar-refractivity contribution >= 4 is 41.1 Å². The summed E-state index contributed by atoms with van der Waals surface area (Å²) in [4.78, 5) is 30.8. The number of β-amino-alcohol motifs (C(OH)–C–C–N with tert-alkyl or cyclic N) is 1. The third-order valence-electron chi connectivity index (χ3n) is 6.39. The van der Waals surface area contributed by atoms with Crippen LogP contribution in [0.25, 0.3) is 6.08 Å². The maximum Gasteiger partial charge on any atom is 0.246 e. The fraction of sp³-hybridized carbons (Fsp3) is 0.583. The van der Waals surface area contributed by atoms with Gasteiger partial charge in [-0.05, 0) is 56.0 Å². The zero-order chi connectivity index (χ0) is 23.8. The molecule has 9 heteroatoms. The number of likely N-dealkylation sites (tertiary alicyclic amines) is 1. The van der Waals surface area contributed by atoms with Crippen LogP contribution in [0.3, 0.4) is 0 Å². The highest BCUT2D eigenvalue weighted by Gasteiger charge is 2.26. The van der Waals surface area contributed by atoms with E-state index in [2.05, 4.69) is 4.90 Å². The molecule has 2 unspecified atom stereocenters. The molecule has 0 bridgehead atoms. The fourth-order valence-corrected chi connectivity index (χ4v) is 4.70. The van der Waals surface area contributed by atoms with Gasteiger partial charge in [0.1, 0.15) is 0 Å². The minimum Gasteiger partial charge on any atom is -0.395 e. The molecule has 0 aliphatic carbocycles. The van der Waals surface area contributed by atoms with Crippen LogP contribution in [-0.2, 0) is 9.59 Å². The number of halogens is 2. The predicted octanol–water partition coefficient (Wildman–Crippen LogP) is 2.67. The van der Waals surface area contributed by atoms with Crippen molar-refractivity contribution in [3.63, 3.8) is 0 Å². The Kier molecular flexibility index (Phi) is 10.0. The van der Waals surface area contributed by atoms with Crippen molar-refractivity contribution < 1.29 is 19.8 Å². The maximum absolute atomic E-state index is 12.6. The Bertz CT molecular complexity index is 851. The molecule has 0 aromatic heterocycles. The second-order valence-electron chi connectivity index (χ2n) is 8.73. The van der Waals surface area contributed by atoms with Gasteiger partial charge in [0.05, 0.1) is 22.8 Å². The summed E-state index contributed by atoms with van der Waals surface area (Å²) in [5.74, 6) is -0.0604. The number of rotatable bonds is 8. The fourth-order valence-electron chi connectivity index (χ4n) is 4.39. The summed E-state index contributed by atoms with van der Waals surface area (Å²) in [6.45, 7) is 3.59. The van der Waals surface area contributed by atoms with E-state index in [1.165, 1.54) is 6.08 Å². The molecule has 2 atom stereocenters. The van der Waals surface area contributed by atoms with Crippen LogP contribution >= 0.6 is 23.2 Å². The second-order valence-corrected chi connectivity index (χ2v) is 9.55. The number of amides is 2. The van der Waals surface area contributed by atoms with Crippen LogP contribution in [0.2, 0.25) is 10.0 Å². The van der Waals surface area contributed by atoms with Gasteiger partial charge in [-0.3, -0.25) is 14.5 Å². The Balaban J connectivity index is 1.43. The van der Waals surface area contributed by atoms with Crippen LogP contribution < -0.4 is 0 Å². The molecule has 2 N–H and O–H groups in total. The molecule has 7 nitrogen and oxygen atoms in total. The van der Waals surface area contributed by atoms with E-state index in [1.54, 1.807) is 29.2 Å². The van der Waals surface area contributed by atoms with Gasteiger partial charge in [-0.1, -0.05) is 29.3 Å². The van der Waals surface area contributed by atoms with Crippen LogP contribution in [0, 0.1) is 0 Å². The molecule has 2 aliphatic rings. The first kappa shape index (κ1) is 26.0. The maximum atomic E-state index is 12.6. The third-order valence-corrected chi connectivity index (χ3v) is 7.13. The predicted molar refractivity (Wildman–Crippen MR) is 130 cm³/mol. The van der Waals surface area contributed by atoms with E-state index in [9.17, 15) is 19.8 Å².